The van der Waals surface area contributed by atoms with Crippen LogP contribution in [0.25, 0.3) is 10.8 Å². The summed E-state index contributed by atoms with van der Waals surface area (Å²) >= 11 is 3.36. The number of aromatic amines is 1. The summed E-state index contributed by atoms with van der Waals surface area (Å²) in [5.74, 6) is -0.497. The standard InChI is InChI=1S/C16H11BrN4O2/c17-11-5-3-4-10(8-11)9-18-20-16(23)14-12-6-1-2-7-13(12)15(22)21-19-14/h1-9H,(H,20,23)(H,21,22)/b18-9-. The molecule has 3 aromatic rings. The number of nitrogens with zero attached hydrogens (tertiary/aromatic N) is 2. The first-order valence-corrected chi connectivity index (χ1v) is 7.51. The highest BCUT2D eigenvalue weighted by Gasteiger charge is 2.12. The zero-order valence-electron chi connectivity index (χ0n) is 11.8. The molecule has 0 aliphatic rings. The average Bonchev–Trinajstić information content (AvgIpc) is 2.55. The maximum absolute atomic E-state index is 12.2. The van der Waals surface area contributed by atoms with Gasteiger partial charge in [-0.2, -0.15) is 10.2 Å². The summed E-state index contributed by atoms with van der Waals surface area (Å²) in [5, 5.41) is 10.9. The van der Waals surface area contributed by atoms with Crippen molar-refractivity contribution in [1.29, 1.82) is 0 Å². The number of hydrogen-bond acceptors (Lipinski definition) is 4. The van der Waals surface area contributed by atoms with Crippen LogP contribution in [0.3, 0.4) is 0 Å². The van der Waals surface area contributed by atoms with Crippen molar-refractivity contribution in [1.82, 2.24) is 15.6 Å². The van der Waals surface area contributed by atoms with E-state index in [0.29, 0.717) is 10.8 Å². The second-order valence-corrected chi connectivity index (χ2v) is 5.62. The third kappa shape index (κ3) is 3.35. The molecule has 114 valence electrons. The van der Waals surface area contributed by atoms with E-state index in [1.165, 1.54) is 6.21 Å². The van der Waals surface area contributed by atoms with Crippen LogP contribution in [-0.2, 0) is 0 Å². The molecule has 0 spiro atoms. The van der Waals surface area contributed by atoms with Gasteiger partial charge in [0.2, 0.25) is 0 Å². The molecule has 7 heteroatoms. The Morgan fingerprint density at radius 2 is 1.96 bits per heavy atom. The first kappa shape index (κ1) is 15.1. The van der Waals surface area contributed by atoms with Gasteiger partial charge in [-0.25, -0.2) is 10.5 Å². The van der Waals surface area contributed by atoms with Gasteiger partial charge >= 0.3 is 0 Å². The minimum atomic E-state index is -0.497. The molecule has 2 aromatic carbocycles. The molecule has 3 rings (SSSR count). The average molecular weight is 371 g/mol. The minimum absolute atomic E-state index is 0.117. The van der Waals surface area contributed by atoms with E-state index in [4.69, 9.17) is 0 Å². The molecule has 0 atom stereocenters. The van der Waals surface area contributed by atoms with Gasteiger partial charge in [0.25, 0.3) is 11.5 Å². The molecule has 0 fully saturated rings. The summed E-state index contributed by atoms with van der Waals surface area (Å²) in [6, 6.07) is 14.3. The fraction of sp³-hybridized carbons (Fsp3) is 0. The van der Waals surface area contributed by atoms with Crippen molar-refractivity contribution in [2.45, 2.75) is 0 Å². The van der Waals surface area contributed by atoms with Crippen molar-refractivity contribution in [3.63, 3.8) is 0 Å². The highest BCUT2D eigenvalue weighted by atomic mass is 79.9. The summed E-state index contributed by atoms with van der Waals surface area (Å²) in [6.07, 6.45) is 1.52. The van der Waals surface area contributed by atoms with Gasteiger partial charge in [-0.3, -0.25) is 9.59 Å². The minimum Gasteiger partial charge on any atom is -0.267 e. The molecule has 23 heavy (non-hydrogen) atoms. The van der Waals surface area contributed by atoms with E-state index >= 15 is 0 Å². The van der Waals surface area contributed by atoms with Crippen molar-refractivity contribution in [2.75, 3.05) is 0 Å². The van der Waals surface area contributed by atoms with Gasteiger partial charge in [-0.1, -0.05) is 46.3 Å². The highest BCUT2D eigenvalue weighted by Crippen LogP contribution is 2.12. The number of benzene rings is 2. The molecule has 1 amide bonds. The van der Waals surface area contributed by atoms with Crippen LogP contribution in [-0.4, -0.2) is 22.3 Å². The molecular formula is C16H11BrN4O2. The van der Waals surface area contributed by atoms with Gasteiger partial charge in [0, 0.05) is 9.86 Å². The van der Waals surface area contributed by atoms with Crippen LogP contribution in [0, 0.1) is 0 Å². The zero-order chi connectivity index (χ0) is 16.2. The first-order chi connectivity index (χ1) is 11.1. The van der Waals surface area contributed by atoms with E-state index in [0.717, 1.165) is 10.0 Å². The Hall–Kier alpha value is -2.80. The number of nitrogens with one attached hydrogen (secondary N) is 2. The number of fused-ring (bicyclic) bond motifs is 1. The number of rotatable bonds is 3. The van der Waals surface area contributed by atoms with Crippen molar-refractivity contribution < 1.29 is 4.79 Å². The number of halogens is 1. The molecule has 1 heterocycles. The molecule has 1 aromatic heterocycles. The predicted molar refractivity (Wildman–Crippen MR) is 91.6 cm³/mol. The van der Waals surface area contributed by atoms with E-state index in [9.17, 15) is 9.59 Å². The van der Waals surface area contributed by atoms with Crippen LogP contribution < -0.4 is 11.0 Å². The quantitative estimate of drug-likeness (QED) is 0.548. The van der Waals surface area contributed by atoms with Crippen LogP contribution in [0.4, 0.5) is 0 Å². The monoisotopic (exact) mass is 370 g/mol. The van der Waals surface area contributed by atoms with E-state index in [2.05, 4.69) is 36.7 Å². The number of aromatic nitrogens is 2. The normalized spacial score (nSPS) is 11.0. The number of hydrazone groups is 1. The van der Waals surface area contributed by atoms with Gasteiger partial charge in [-0.05, 0) is 23.8 Å². The van der Waals surface area contributed by atoms with Crippen molar-refractivity contribution >= 4 is 38.8 Å². The number of H-pyrrole nitrogens is 1. The summed E-state index contributed by atoms with van der Waals surface area (Å²) < 4.78 is 0.918. The SMILES string of the molecule is O=C(N/N=C\c1cccc(Br)c1)c1n[nH]c(=O)c2ccccc12. The number of carbonyl (C=O) groups excluding carboxylic acids is 1. The van der Waals surface area contributed by atoms with Crippen molar-refractivity contribution in [3.8, 4) is 0 Å². The first-order valence-electron chi connectivity index (χ1n) is 6.71. The number of hydrogen-bond donors (Lipinski definition) is 2. The zero-order valence-corrected chi connectivity index (χ0v) is 13.4. The smallest absolute Gasteiger partial charge is 0.267 e. The predicted octanol–water partition coefficient (Wildman–Crippen LogP) is 2.45. The molecule has 0 aliphatic heterocycles. The van der Waals surface area contributed by atoms with Gasteiger partial charge in [0.1, 0.15) is 0 Å². The lowest BCUT2D eigenvalue weighted by atomic mass is 10.1. The number of amides is 1. The molecule has 0 unspecified atom stereocenters. The Labute approximate surface area is 139 Å². The summed E-state index contributed by atoms with van der Waals surface area (Å²) in [6.45, 7) is 0. The van der Waals surface area contributed by atoms with E-state index in [-0.39, 0.29) is 11.3 Å². The molecule has 0 radical (unpaired) electrons. The Kier molecular flexibility index (Phi) is 4.29. The third-order valence-corrected chi connectivity index (χ3v) is 3.63. The number of carbonyl (C=O) groups is 1. The van der Waals surface area contributed by atoms with Gasteiger partial charge < -0.3 is 0 Å². The molecule has 6 nitrogen and oxygen atoms in total. The molecule has 0 bridgehead atoms. The van der Waals surface area contributed by atoms with Gasteiger partial charge in [0.15, 0.2) is 5.69 Å². The van der Waals surface area contributed by atoms with Crippen LogP contribution in [0.1, 0.15) is 16.1 Å². The molecule has 0 saturated heterocycles. The lowest BCUT2D eigenvalue weighted by Gasteiger charge is -2.03. The fourth-order valence-electron chi connectivity index (χ4n) is 2.09. The maximum atomic E-state index is 12.2. The van der Waals surface area contributed by atoms with E-state index in [1.54, 1.807) is 24.3 Å². The van der Waals surface area contributed by atoms with Crippen LogP contribution in [0.15, 0.2) is 62.9 Å². The third-order valence-electron chi connectivity index (χ3n) is 3.14. The lowest BCUT2D eigenvalue weighted by molar-refractivity contribution is 0.0951. The Bertz CT molecular complexity index is 965. The lowest BCUT2D eigenvalue weighted by Crippen LogP contribution is -2.22. The molecule has 0 aliphatic carbocycles. The van der Waals surface area contributed by atoms with Crippen LogP contribution in [0.2, 0.25) is 0 Å². The molecule has 0 saturated carbocycles. The van der Waals surface area contributed by atoms with Crippen molar-refractivity contribution in [3.05, 3.63) is 74.6 Å². The Balaban J connectivity index is 1.84. The largest absolute Gasteiger partial charge is 0.292 e. The molecular weight excluding hydrogens is 360 g/mol. The Morgan fingerprint density at radius 3 is 2.74 bits per heavy atom. The summed E-state index contributed by atoms with van der Waals surface area (Å²) in [5.41, 5.74) is 3.02. The Morgan fingerprint density at radius 1 is 1.17 bits per heavy atom. The van der Waals surface area contributed by atoms with E-state index in [1.807, 2.05) is 24.3 Å². The van der Waals surface area contributed by atoms with Gasteiger partial charge in [0.05, 0.1) is 11.6 Å². The maximum Gasteiger partial charge on any atom is 0.292 e. The summed E-state index contributed by atoms with van der Waals surface area (Å²) in [7, 11) is 0. The second kappa shape index (κ2) is 6.53. The topological polar surface area (TPSA) is 87.2 Å². The second-order valence-electron chi connectivity index (χ2n) is 4.70. The summed E-state index contributed by atoms with van der Waals surface area (Å²) in [4.78, 5) is 23.9. The highest BCUT2D eigenvalue weighted by molar-refractivity contribution is 9.10. The van der Waals surface area contributed by atoms with E-state index < -0.39 is 5.91 Å². The van der Waals surface area contributed by atoms with Gasteiger partial charge in [-0.15, -0.1) is 0 Å². The van der Waals surface area contributed by atoms with Crippen LogP contribution >= 0.6 is 15.9 Å². The van der Waals surface area contributed by atoms with Crippen LogP contribution in [0.5, 0.6) is 0 Å². The van der Waals surface area contributed by atoms with Crippen molar-refractivity contribution in [2.24, 2.45) is 5.10 Å². The molecule has 2 N–H and O–H groups in total. The fourth-order valence-corrected chi connectivity index (χ4v) is 2.51.